The van der Waals surface area contributed by atoms with Crippen LogP contribution in [0.5, 0.6) is 0 Å². The molecule has 5 rings (SSSR count). The average Bonchev–Trinajstić information content (AvgIpc) is 3.51. The van der Waals surface area contributed by atoms with Crippen molar-refractivity contribution < 1.29 is 14.6 Å². The van der Waals surface area contributed by atoms with Gasteiger partial charge >= 0.3 is 196 Å². The van der Waals surface area contributed by atoms with Gasteiger partial charge in [-0.15, -0.1) is 0 Å². The molecule has 32 heavy (non-hydrogen) atoms. The van der Waals surface area contributed by atoms with E-state index in [2.05, 4.69) is 128 Å². The number of allylic oxidation sites excluding steroid dienone is 5. The summed E-state index contributed by atoms with van der Waals surface area (Å²) in [5, 5.41) is 0. The van der Waals surface area contributed by atoms with Crippen LogP contribution >= 0.6 is 0 Å². The molecular weight excluding hydrogens is 436 g/mol. The molecule has 3 aromatic carbocycles. The van der Waals surface area contributed by atoms with Crippen molar-refractivity contribution in [2.75, 3.05) is 0 Å². The molecule has 161 valence electrons. The third kappa shape index (κ3) is 3.39. The molecule has 2 heteroatoms. The molecule has 1 unspecified atom stereocenters. The van der Waals surface area contributed by atoms with Gasteiger partial charge in [0.15, 0.2) is 0 Å². The Morgan fingerprint density at radius 2 is 1.38 bits per heavy atom. The summed E-state index contributed by atoms with van der Waals surface area (Å²) in [4.78, 5) is 0. The van der Waals surface area contributed by atoms with Crippen LogP contribution in [0.3, 0.4) is 0 Å². The molecule has 2 aliphatic carbocycles. The number of hydrogen-bond acceptors (Lipinski definition) is 0. The number of fused-ring (bicyclic) bond motifs is 1. The van der Waals surface area contributed by atoms with Crippen molar-refractivity contribution in [3.8, 4) is 0 Å². The Kier molecular flexibility index (Phi) is 5.84. The average molecular weight is 470 g/mol. The summed E-state index contributed by atoms with van der Waals surface area (Å²) in [5.74, 6) is 0. The molecule has 0 N–H and O–H groups in total. The first kappa shape index (κ1) is 21.6. The van der Waals surface area contributed by atoms with Crippen molar-refractivity contribution in [3.05, 3.63) is 135 Å². The molecule has 0 aromatic heterocycles. The zero-order valence-corrected chi connectivity index (χ0v) is 22.0. The van der Waals surface area contributed by atoms with Gasteiger partial charge in [-0.25, -0.2) is 0 Å². The molecule has 2 aliphatic rings. The first-order chi connectivity index (χ1) is 15.6. The van der Waals surface area contributed by atoms with E-state index >= 15 is 0 Å². The van der Waals surface area contributed by atoms with Gasteiger partial charge in [-0.3, -0.25) is 0 Å². The Balaban J connectivity index is 1.82. The van der Waals surface area contributed by atoms with Crippen LogP contribution in [0.1, 0.15) is 32.9 Å². The topological polar surface area (TPSA) is 0 Å². The van der Waals surface area contributed by atoms with Gasteiger partial charge in [0.1, 0.15) is 0 Å². The maximum atomic E-state index is 2.68. The minimum absolute atomic E-state index is 0.571. The van der Waals surface area contributed by atoms with Crippen LogP contribution in [0.25, 0.3) is 6.08 Å². The monoisotopic (exact) mass is 469 g/mol. The van der Waals surface area contributed by atoms with E-state index in [1.807, 2.05) is 3.88 Å². The summed E-state index contributed by atoms with van der Waals surface area (Å²) in [5.41, 5.74) is 6.10. The SMILES string of the molecule is C[SiH](C)[Ti]([CH2]c1ccccc1)([CH2]c1ccccc1)([C]1=CC=CC1)[CH]1C=Cc2ccccc21. The van der Waals surface area contributed by atoms with Gasteiger partial charge in [0.25, 0.3) is 0 Å². The summed E-state index contributed by atoms with van der Waals surface area (Å²) >= 11 is -3.45. The van der Waals surface area contributed by atoms with E-state index in [9.17, 15) is 0 Å². The zero-order valence-electron chi connectivity index (χ0n) is 19.2. The van der Waals surface area contributed by atoms with E-state index in [1.54, 1.807) is 5.56 Å². The Morgan fingerprint density at radius 3 is 1.94 bits per heavy atom. The second kappa shape index (κ2) is 8.63. The first-order valence-corrected chi connectivity index (χ1v) is 21.5. The molecule has 0 saturated carbocycles. The van der Waals surface area contributed by atoms with Crippen LogP contribution in [0, 0.1) is 0 Å². The summed E-state index contributed by atoms with van der Waals surface area (Å²) < 4.78 is 4.94. The Bertz CT molecular complexity index is 1150. The van der Waals surface area contributed by atoms with E-state index in [1.165, 1.54) is 26.1 Å². The number of rotatable bonds is 7. The van der Waals surface area contributed by atoms with Gasteiger partial charge in [0.05, 0.1) is 0 Å². The van der Waals surface area contributed by atoms with Crippen LogP contribution in [-0.2, 0) is 24.0 Å². The number of benzene rings is 3. The van der Waals surface area contributed by atoms with Crippen LogP contribution in [0.2, 0.25) is 13.1 Å². The van der Waals surface area contributed by atoms with Crippen molar-refractivity contribution in [1.29, 1.82) is 0 Å². The predicted octanol–water partition coefficient (Wildman–Crippen LogP) is 7.67. The third-order valence-electron chi connectivity index (χ3n) is 8.54. The number of hydrogen-bond donors (Lipinski definition) is 0. The van der Waals surface area contributed by atoms with Gasteiger partial charge in [-0.2, -0.15) is 0 Å². The second-order valence-corrected chi connectivity index (χ2v) is 32.7. The van der Waals surface area contributed by atoms with E-state index in [0.29, 0.717) is 4.22 Å². The molecule has 0 spiro atoms. The van der Waals surface area contributed by atoms with Crippen LogP contribution in [-0.4, -0.2) is 6.66 Å². The van der Waals surface area contributed by atoms with Crippen molar-refractivity contribution in [2.45, 2.75) is 33.2 Å². The van der Waals surface area contributed by atoms with Gasteiger partial charge in [-0.1, -0.05) is 0 Å². The van der Waals surface area contributed by atoms with Crippen molar-refractivity contribution in [2.24, 2.45) is 0 Å². The zero-order chi connectivity index (χ0) is 22.0. The fourth-order valence-electron chi connectivity index (χ4n) is 6.80. The van der Waals surface area contributed by atoms with Gasteiger partial charge < -0.3 is 0 Å². The van der Waals surface area contributed by atoms with Crippen molar-refractivity contribution in [3.63, 3.8) is 0 Å². The van der Waals surface area contributed by atoms with Crippen LogP contribution < -0.4 is 0 Å². The van der Waals surface area contributed by atoms with E-state index in [4.69, 9.17) is 0 Å². The molecule has 3 aromatic rings. The van der Waals surface area contributed by atoms with Crippen molar-refractivity contribution in [1.82, 2.24) is 0 Å². The summed E-state index contributed by atoms with van der Waals surface area (Å²) in [6.45, 7) is 4.23. The fourth-order valence-corrected chi connectivity index (χ4v) is 34.1. The first-order valence-electron chi connectivity index (χ1n) is 12.0. The quantitative estimate of drug-likeness (QED) is 0.312. The summed E-state index contributed by atoms with van der Waals surface area (Å²) in [6.07, 6.45) is 13.5. The Hall–Kier alpha value is -2.19. The predicted molar refractivity (Wildman–Crippen MR) is 139 cm³/mol. The van der Waals surface area contributed by atoms with Gasteiger partial charge in [0.2, 0.25) is 0 Å². The molecule has 0 saturated heterocycles. The normalized spacial score (nSPS) is 18.4. The molecule has 0 amide bonds. The molecule has 0 aliphatic heterocycles. The molecular formula is C30H33SiTi. The third-order valence-corrected chi connectivity index (χ3v) is 39.8. The molecule has 0 bridgehead atoms. The Morgan fingerprint density at radius 1 is 0.781 bits per heavy atom. The fraction of sp³-hybridized carbons (Fsp3) is 0.200. The van der Waals surface area contributed by atoms with Crippen molar-refractivity contribution >= 4 is 12.7 Å². The standard InChI is InChI=1S/C9H7.2C7H7.C5H5.C2H7Si.Ti/c1-2-5-9-7-3-6-8(9)4-1;2*1-7-5-3-2-4-6-7;1-2-4-5-3-1;1-3-2;/h1-7H;2*2-6H,1H2;1-3H,4H2;3H,1-2H3;. The van der Waals surface area contributed by atoms with Gasteiger partial charge in [-0.05, 0) is 0 Å². The Labute approximate surface area is 195 Å². The van der Waals surface area contributed by atoms with Crippen LogP contribution in [0.15, 0.2) is 113 Å². The molecule has 1 atom stereocenters. The molecule has 0 radical (unpaired) electrons. The summed E-state index contributed by atoms with van der Waals surface area (Å²) in [6, 6.07) is 32.0. The van der Waals surface area contributed by atoms with E-state index in [-0.39, 0.29) is 0 Å². The molecule has 0 heterocycles. The van der Waals surface area contributed by atoms with Crippen LogP contribution in [0.4, 0.5) is 0 Å². The second-order valence-electron chi connectivity index (χ2n) is 10.1. The molecule has 0 nitrogen and oxygen atoms in total. The van der Waals surface area contributed by atoms with E-state index < -0.39 is 21.2 Å². The van der Waals surface area contributed by atoms with Gasteiger partial charge in [0, 0.05) is 0 Å². The summed E-state index contributed by atoms with van der Waals surface area (Å²) in [7, 11) is 0. The van der Waals surface area contributed by atoms with E-state index in [0.717, 1.165) is 6.42 Å². The molecule has 0 fully saturated rings. The maximum absolute atomic E-state index is 3.45. The minimum atomic E-state index is -3.45.